The molecule has 3 aromatic rings. The van der Waals surface area contributed by atoms with Crippen molar-refractivity contribution in [2.75, 3.05) is 33.8 Å². The molecular formula is C26H32F3N5O4S. The van der Waals surface area contributed by atoms with Gasteiger partial charge in [-0.05, 0) is 51.7 Å². The molecule has 2 amide bonds. The number of benzene rings is 1. The highest BCUT2D eigenvalue weighted by Crippen LogP contribution is 2.33. The van der Waals surface area contributed by atoms with Crippen molar-refractivity contribution >= 4 is 33.6 Å². The number of hydrogen-bond acceptors (Lipinski definition) is 7. The Kier molecular flexibility index (Phi) is 10.5. The average Bonchev–Trinajstić information content (AvgIpc) is 3.21. The van der Waals surface area contributed by atoms with E-state index < -0.39 is 29.8 Å². The van der Waals surface area contributed by atoms with Gasteiger partial charge in [-0.25, -0.2) is 4.79 Å². The molecule has 3 rings (SSSR count). The summed E-state index contributed by atoms with van der Waals surface area (Å²) >= 11 is 1.25. The summed E-state index contributed by atoms with van der Waals surface area (Å²) in [6, 6.07) is 4.43. The summed E-state index contributed by atoms with van der Waals surface area (Å²) in [7, 11) is 3.72. The number of amides is 2. The highest BCUT2D eigenvalue weighted by Gasteiger charge is 2.32. The minimum absolute atomic E-state index is 0.0944. The molecule has 0 fully saturated rings. The molecule has 2 aromatic heterocycles. The summed E-state index contributed by atoms with van der Waals surface area (Å²) < 4.78 is 54.0. The zero-order chi connectivity index (χ0) is 28.6. The van der Waals surface area contributed by atoms with Gasteiger partial charge in [0.15, 0.2) is 4.80 Å². The second-order valence-electron chi connectivity index (χ2n) is 9.12. The number of halogens is 3. The quantitative estimate of drug-likeness (QED) is 0.360. The first-order valence-corrected chi connectivity index (χ1v) is 13.3. The Morgan fingerprint density at radius 3 is 2.72 bits per heavy atom. The van der Waals surface area contributed by atoms with Gasteiger partial charge in [0.2, 0.25) is 0 Å². The second kappa shape index (κ2) is 13.6. The van der Waals surface area contributed by atoms with Gasteiger partial charge < -0.3 is 24.3 Å². The van der Waals surface area contributed by atoms with Crippen molar-refractivity contribution in [3.63, 3.8) is 0 Å². The SMILES string of the molecule is CCCCn1c(=NC(=O)c2cc(C(F)(F)F)ccc2OC[C@H](C)OC(=O)NCCN(C)C)sc2ccncc21. The molecule has 212 valence electrons. The maximum atomic E-state index is 13.5. The van der Waals surface area contributed by atoms with Crippen LogP contribution in [0, 0.1) is 0 Å². The molecular weight excluding hydrogens is 535 g/mol. The van der Waals surface area contributed by atoms with Crippen LogP contribution in [-0.4, -0.2) is 66.3 Å². The molecule has 0 spiro atoms. The van der Waals surface area contributed by atoms with Crippen LogP contribution in [0.5, 0.6) is 5.75 Å². The Morgan fingerprint density at radius 1 is 1.26 bits per heavy atom. The van der Waals surface area contributed by atoms with Crippen molar-refractivity contribution < 1.29 is 32.2 Å². The number of alkyl carbamates (subject to hydrolysis) is 1. The minimum atomic E-state index is -4.67. The summed E-state index contributed by atoms with van der Waals surface area (Å²) in [5, 5.41) is 2.60. The number of carbonyl (C=O) groups is 2. The van der Waals surface area contributed by atoms with Gasteiger partial charge in [0, 0.05) is 25.8 Å². The van der Waals surface area contributed by atoms with E-state index in [4.69, 9.17) is 9.47 Å². The van der Waals surface area contributed by atoms with Crippen molar-refractivity contribution in [2.24, 2.45) is 4.99 Å². The lowest BCUT2D eigenvalue weighted by atomic mass is 10.1. The van der Waals surface area contributed by atoms with Crippen molar-refractivity contribution in [2.45, 2.75) is 45.5 Å². The summed E-state index contributed by atoms with van der Waals surface area (Å²) in [6.45, 7) is 4.99. The fourth-order valence-electron chi connectivity index (χ4n) is 3.53. The number of fused-ring (bicyclic) bond motifs is 1. The van der Waals surface area contributed by atoms with E-state index in [-0.39, 0.29) is 17.9 Å². The summed E-state index contributed by atoms with van der Waals surface area (Å²) in [5.41, 5.74) is -0.555. The number of likely N-dealkylation sites (N-methyl/N-ethyl adjacent to an activating group) is 1. The van der Waals surface area contributed by atoms with Gasteiger partial charge >= 0.3 is 12.3 Å². The van der Waals surface area contributed by atoms with Gasteiger partial charge in [-0.1, -0.05) is 24.7 Å². The maximum Gasteiger partial charge on any atom is 0.416 e. The van der Waals surface area contributed by atoms with Crippen LogP contribution in [0.2, 0.25) is 0 Å². The van der Waals surface area contributed by atoms with Crippen molar-refractivity contribution in [3.05, 3.63) is 52.6 Å². The predicted octanol–water partition coefficient (Wildman–Crippen LogP) is 4.71. The van der Waals surface area contributed by atoms with Gasteiger partial charge in [0.05, 0.1) is 27.5 Å². The first-order chi connectivity index (χ1) is 18.5. The second-order valence-corrected chi connectivity index (χ2v) is 10.1. The number of thiazole rings is 1. The first-order valence-electron chi connectivity index (χ1n) is 12.4. The molecule has 0 saturated carbocycles. The molecule has 0 aliphatic rings. The monoisotopic (exact) mass is 567 g/mol. The summed E-state index contributed by atoms with van der Waals surface area (Å²) in [6.07, 6.45) is -1.04. The highest BCUT2D eigenvalue weighted by atomic mass is 32.1. The van der Waals surface area contributed by atoms with Gasteiger partial charge in [-0.2, -0.15) is 18.2 Å². The molecule has 1 N–H and O–H groups in total. The number of rotatable bonds is 11. The molecule has 1 atom stereocenters. The van der Waals surface area contributed by atoms with Crippen molar-refractivity contribution in [3.8, 4) is 5.75 Å². The zero-order valence-electron chi connectivity index (χ0n) is 22.2. The largest absolute Gasteiger partial charge is 0.489 e. The van der Waals surface area contributed by atoms with E-state index in [1.807, 2.05) is 30.5 Å². The third kappa shape index (κ3) is 8.52. The summed E-state index contributed by atoms with van der Waals surface area (Å²) in [5.74, 6) is -0.973. The molecule has 0 aliphatic heterocycles. The molecule has 0 radical (unpaired) electrons. The predicted molar refractivity (Wildman–Crippen MR) is 142 cm³/mol. The molecule has 1 aromatic carbocycles. The molecule has 9 nitrogen and oxygen atoms in total. The first kappa shape index (κ1) is 30.1. The lowest BCUT2D eigenvalue weighted by molar-refractivity contribution is -0.137. The molecule has 0 bridgehead atoms. The topological polar surface area (TPSA) is 98.1 Å². The van der Waals surface area contributed by atoms with E-state index in [2.05, 4.69) is 15.3 Å². The summed E-state index contributed by atoms with van der Waals surface area (Å²) in [4.78, 5) is 35.8. The Bertz CT molecular complexity index is 1350. The van der Waals surface area contributed by atoms with Gasteiger partial charge in [-0.15, -0.1) is 0 Å². The normalized spacial score (nSPS) is 13.1. The molecule has 13 heteroatoms. The molecule has 0 aliphatic carbocycles. The Hall–Kier alpha value is -3.45. The lowest BCUT2D eigenvalue weighted by Crippen LogP contribution is -2.34. The van der Waals surface area contributed by atoms with Crippen LogP contribution < -0.4 is 14.9 Å². The van der Waals surface area contributed by atoms with Crippen LogP contribution in [0.1, 0.15) is 42.6 Å². The van der Waals surface area contributed by atoms with Crippen LogP contribution in [0.4, 0.5) is 18.0 Å². The number of alkyl halides is 3. The Morgan fingerprint density at radius 2 is 2.03 bits per heavy atom. The van der Waals surface area contributed by atoms with Crippen molar-refractivity contribution in [1.29, 1.82) is 0 Å². The third-order valence-electron chi connectivity index (χ3n) is 5.56. The van der Waals surface area contributed by atoms with Crippen LogP contribution in [0.3, 0.4) is 0 Å². The standard InChI is InChI=1S/C26H32F3N5O4S/c1-5-6-12-34-20-15-30-10-9-22(20)39-24(34)32-23(35)19-14-18(26(27,28)29)7-8-21(19)37-16-17(2)38-25(36)31-11-13-33(3)4/h7-10,14-15,17H,5-6,11-13,16H2,1-4H3,(H,31,36)/t17-/m0/s1. The maximum absolute atomic E-state index is 13.5. The molecule has 0 saturated heterocycles. The molecule has 0 unspecified atom stereocenters. The van der Waals surface area contributed by atoms with Crippen LogP contribution in [-0.2, 0) is 17.5 Å². The average molecular weight is 568 g/mol. The number of unbranched alkanes of at least 4 members (excludes halogenated alkanes) is 1. The molecule has 2 heterocycles. The number of pyridine rings is 1. The number of nitrogens with zero attached hydrogens (tertiary/aromatic N) is 4. The van der Waals surface area contributed by atoms with Crippen LogP contribution >= 0.6 is 11.3 Å². The number of nitrogens with one attached hydrogen (secondary N) is 1. The smallest absolute Gasteiger partial charge is 0.416 e. The zero-order valence-corrected chi connectivity index (χ0v) is 23.1. The Balaban J connectivity index is 1.87. The van der Waals surface area contributed by atoms with Crippen LogP contribution in [0.15, 0.2) is 41.7 Å². The van der Waals surface area contributed by atoms with Gasteiger partial charge in [-0.3, -0.25) is 9.78 Å². The highest BCUT2D eigenvalue weighted by molar-refractivity contribution is 7.16. The van der Waals surface area contributed by atoms with E-state index in [1.165, 1.54) is 11.3 Å². The lowest BCUT2D eigenvalue weighted by Gasteiger charge is -2.17. The number of aryl methyl sites for hydroxylation is 1. The number of hydrogen-bond donors (Lipinski definition) is 1. The number of aromatic nitrogens is 2. The van der Waals surface area contributed by atoms with Crippen LogP contribution in [0.25, 0.3) is 10.2 Å². The minimum Gasteiger partial charge on any atom is -0.489 e. The van der Waals surface area contributed by atoms with E-state index in [9.17, 15) is 22.8 Å². The third-order valence-corrected chi connectivity index (χ3v) is 6.62. The van der Waals surface area contributed by atoms with E-state index in [0.717, 1.165) is 41.3 Å². The fourth-order valence-corrected chi connectivity index (χ4v) is 4.55. The van der Waals surface area contributed by atoms with E-state index >= 15 is 0 Å². The van der Waals surface area contributed by atoms with Gasteiger partial charge in [0.25, 0.3) is 5.91 Å². The number of carbonyl (C=O) groups excluding carboxylic acids is 2. The Labute approximate surface area is 228 Å². The van der Waals surface area contributed by atoms with E-state index in [1.54, 1.807) is 25.4 Å². The molecule has 39 heavy (non-hydrogen) atoms. The number of ether oxygens (including phenoxy) is 2. The van der Waals surface area contributed by atoms with E-state index in [0.29, 0.717) is 24.4 Å². The fraction of sp³-hybridized carbons (Fsp3) is 0.462. The van der Waals surface area contributed by atoms with Gasteiger partial charge in [0.1, 0.15) is 18.5 Å². The van der Waals surface area contributed by atoms with Crippen molar-refractivity contribution in [1.82, 2.24) is 19.8 Å².